The lowest BCUT2D eigenvalue weighted by Gasteiger charge is -2.31. The van der Waals surface area contributed by atoms with Crippen LogP contribution in [0.2, 0.25) is 5.02 Å². The fraction of sp³-hybridized carbons (Fsp3) is 0.538. The third-order valence-corrected chi connectivity index (χ3v) is 3.75. The van der Waals surface area contributed by atoms with Crippen molar-refractivity contribution in [2.75, 3.05) is 13.1 Å². The maximum absolute atomic E-state index is 9.65. The van der Waals surface area contributed by atoms with Crippen LogP contribution in [-0.4, -0.2) is 46.5 Å². The Morgan fingerprint density at radius 3 is 2.33 bits per heavy atom. The van der Waals surface area contributed by atoms with Gasteiger partial charge in [0.05, 0.1) is 18.2 Å². The quantitative estimate of drug-likeness (QED) is 0.759. The highest BCUT2D eigenvalue weighted by Gasteiger charge is 2.36. The Morgan fingerprint density at radius 1 is 1.28 bits per heavy atom. The molecule has 4 unspecified atom stereocenters. The highest BCUT2D eigenvalue weighted by molar-refractivity contribution is 6.31. The molecule has 2 rings (SSSR count). The van der Waals surface area contributed by atoms with Crippen LogP contribution in [0.25, 0.3) is 0 Å². The van der Waals surface area contributed by atoms with Crippen molar-refractivity contribution in [1.29, 1.82) is 0 Å². The molecule has 1 saturated heterocycles. The average molecular weight is 271 g/mol. The van der Waals surface area contributed by atoms with Gasteiger partial charge >= 0.3 is 0 Å². The van der Waals surface area contributed by atoms with Crippen molar-refractivity contribution in [2.45, 2.75) is 31.2 Å². The van der Waals surface area contributed by atoms with Gasteiger partial charge in [0, 0.05) is 24.2 Å². The van der Waals surface area contributed by atoms with Gasteiger partial charge in [0.2, 0.25) is 0 Å². The van der Waals surface area contributed by atoms with E-state index in [9.17, 15) is 10.2 Å². The summed E-state index contributed by atoms with van der Waals surface area (Å²) in [5.74, 6) is 0. The zero-order valence-corrected chi connectivity index (χ0v) is 11.1. The van der Waals surface area contributed by atoms with Crippen LogP contribution in [0.1, 0.15) is 18.5 Å². The largest absolute Gasteiger partial charge is 0.389 e. The number of halogens is 1. The van der Waals surface area contributed by atoms with Crippen LogP contribution in [-0.2, 0) is 0 Å². The second-order valence-corrected chi connectivity index (χ2v) is 5.32. The van der Waals surface area contributed by atoms with Gasteiger partial charge in [-0.05, 0) is 18.6 Å². The lowest BCUT2D eigenvalue weighted by Crippen LogP contribution is -2.39. The smallest absolute Gasteiger partial charge is 0.0938 e. The van der Waals surface area contributed by atoms with Crippen molar-refractivity contribution < 1.29 is 10.2 Å². The van der Waals surface area contributed by atoms with E-state index in [2.05, 4.69) is 0 Å². The molecule has 100 valence electrons. The van der Waals surface area contributed by atoms with Gasteiger partial charge in [-0.3, -0.25) is 4.90 Å². The van der Waals surface area contributed by atoms with Crippen LogP contribution in [0.15, 0.2) is 24.3 Å². The molecule has 0 bridgehead atoms. The molecule has 1 aromatic carbocycles. The predicted octanol–water partition coefficient (Wildman–Crippen LogP) is 0.766. The van der Waals surface area contributed by atoms with Crippen LogP contribution < -0.4 is 5.73 Å². The first-order valence-corrected chi connectivity index (χ1v) is 6.48. The first-order valence-electron chi connectivity index (χ1n) is 6.11. The maximum Gasteiger partial charge on any atom is 0.0938 e. The number of nitrogens with zero attached hydrogens (tertiary/aromatic N) is 1. The van der Waals surface area contributed by atoms with Gasteiger partial charge in [0.1, 0.15) is 0 Å². The molecule has 4 N–H and O–H groups in total. The first-order chi connectivity index (χ1) is 8.50. The number of hydrogen-bond acceptors (Lipinski definition) is 4. The number of hydrogen-bond donors (Lipinski definition) is 3. The predicted molar refractivity (Wildman–Crippen MR) is 71.4 cm³/mol. The Kier molecular flexibility index (Phi) is 4.25. The summed E-state index contributed by atoms with van der Waals surface area (Å²) in [5.41, 5.74) is 6.98. The molecule has 0 spiro atoms. The van der Waals surface area contributed by atoms with Gasteiger partial charge in [-0.15, -0.1) is 0 Å². The van der Waals surface area contributed by atoms with E-state index in [1.165, 1.54) is 0 Å². The summed E-state index contributed by atoms with van der Waals surface area (Å²) in [6.07, 6.45) is -1.43. The molecule has 1 fully saturated rings. The number of β-amino-alcohol motifs (C(OH)–C–C–N with tert-alkyl or cyclic N) is 2. The van der Waals surface area contributed by atoms with E-state index >= 15 is 0 Å². The first kappa shape index (κ1) is 13.8. The number of aliphatic hydroxyl groups excluding tert-OH is 2. The number of rotatable bonds is 3. The number of nitrogens with two attached hydrogens (primary N) is 1. The summed E-state index contributed by atoms with van der Waals surface area (Å²) in [5, 5.41) is 20.0. The molecule has 4 atom stereocenters. The zero-order chi connectivity index (χ0) is 13.3. The summed E-state index contributed by atoms with van der Waals surface area (Å²) in [6.45, 7) is 2.74. The van der Waals surface area contributed by atoms with Crippen LogP contribution in [0.3, 0.4) is 0 Å². The second kappa shape index (κ2) is 5.55. The molecule has 18 heavy (non-hydrogen) atoms. The van der Waals surface area contributed by atoms with Gasteiger partial charge in [-0.25, -0.2) is 0 Å². The number of aliphatic hydroxyl groups is 2. The van der Waals surface area contributed by atoms with Gasteiger partial charge in [0.15, 0.2) is 0 Å². The fourth-order valence-corrected chi connectivity index (χ4v) is 2.80. The number of benzene rings is 1. The van der Waals surface area contributed by atoms with E-state index in [1.807, 2.05) is 36.1 Å². The number of likely N-dealkylation sites (tertiary alicyclic amines) is 1. The van der Waals surface area contributed by atoms with Crippen molar-refractivity contribution in [3.05, 3.63) is 34.9 Å². The van der Waals surface area contributed by atoms with Crippen molar-refractivity contribution in [3.8, 4) is 0 Å². The van der Waals surface area contributed by atoms with Crippen LogP contribution in [0.4, 0.5) is 0 Å². The minimum absolute atomic E-state index is 0.0921. The standard InChI is InChI=1S/C13H19ClN2O2/c1-8(15)13(9-4-2-3-5-10(9)14)16-6-11(17)12(18)7-16/h2-5,8,11-13,17-18H,6-7,15H2,1H3. The Labute approximate surface area is 112 Å². The third kappa shape index (κ3) is 2.68. The third-order valence-electron chi connectivity index (χ3n) is 3.40. The van der Waals surface area contributed by atoms with E-state index in [4.69, 9.17) is 17.3 Å². The van der Waals surface area contributed by atoms with Crippen molar-refractivity contribution >= 4 is 11.6 Å². The molecule has 1 heterocycles. The molecule has 0 amide bonds. The summed E-state index contributed by atoms with van der Waals surface area (Å²) < 4.78 is 0. The summed E-state index contributed by atoms with van der Waals surface area (Å²) in [4.78, 5) is 1.99. The molecule has 0 radical (unpaired) electrons. The van der Waals surface area contributed by atoms with Crippen molar-refractivity contribution in [2.24, 2.45) is 5.73 Å². The van der Waals surface area contributed by atoms with E-state index in [0.29, 0.717) is 18.1 Å². The highest BCUT2D eigenvalue weighted by atomic mass is 35.5. The molecule has 5 heteroatoms. The fourth-order valence-electron chi connectivity index (χ4n) is 2.55. The molecule has 0 aliphatic carbocycles. The van der Waals surface area contributed by atoms with Crippen LogP contribution in [0, 0.1) is 0 Å². The Bertz CT molecular complexity index is 404. The lowest BCUT2D eigenvalue weighted by atomic mass is 9.99. The van der Waals surface area contributed by atoms with Gasteiger partial charge < -0.3 is 15.9 Å². The van der Waals surface area contributed by atoms with Gasteiger partial charge in [-0.1, -0.05) is 29.8 Å². The zero-order valence-electron chi connectivity index (χ0n) is 10.3. The van der Waals surface area contributed by atoms with E-state index < -0.39 is 12.2 Å². The maximum atomic E-state index is 9.65. The second-order valence-electron chi connectivity index (χ2n) is 4.91. The SMILES string of the molecule is CC(N)C(c1ccccc1Cl)N1CC(O)C(O)C1. The summed E-state index contributed by atoms with van der Waals surface area (Å²) in [6, 6.07) is 7.33. The minimum atomic E-state index is -0.714. The molecule has 4 nitrogen and oxygen atoms in total. The molecular weight excluding hydrogens is 252 g/mol. The molecule has 1 aliphatic rings. The molecule has 0 aromatic heterocycles. The molecular formula is C13H19ClN2O2. The Balaban J connectivity index is 2.27. The van der Waals surface area contributed by atoms with Gasteiger partial charge in [0.25, 0.3) is 0 Å². The van der Waals surface area contributed by atoms with Gasteiger partial charge in [-0.2, -0.15) is 0 Å². The lowest BCUT2D eigenvalue weighted by molar-refractivity contribution is 0.0572. The van der Waals surface area contributed by atoms with Crippen LogP contribution >= 0.6 is 11.6 Å². The Hall–Kier alpha value is -0.650. The van der Waals surface area contributed by atoms with E-state index in [1.54, 1.807) is 0 Å². The van der Waals surface area contributed by atoms with E-state index in [0.717, 1.165) is 5.56 Å². The van der Waals surface area contributed by atoms with Crippen LogP contribution in [0.5, 0.6) is 0 Å². The molecule has 1 aromatic rings. The highest BCUT2D eigenvalue weighted by Crippen LogP contribution is 2.32. The summed E-state index contributed by atoms with van der Waals surface area (Å²) in [7, 11) is 0. The molecule has 1 aliphatic heterocycles. The van der Waals surface area contributed by atoms with Crippen molar-refractivity contribution in [1.82, 2.24) is 4.90 Å². The normalized spacial score (nSPS) is 28.3. The minimum Gasteiger partial charge on any atom is -0.389 e. The monoisotopic (exact) mass is 270 g/mol. The van der Waals surface area contributed by atoms with Crippen molar-refractivity contribution in [3.63, 3.8) is 0 Å². The summed E-state index contributed by atoms with van der Waals surface area (Å²) >= 11 is 6.21. The topological polar surface area (TPSA) is 69.7 Å². The Morgan fingerprint density at radius 2 is 1.83 bits per heavy atom. The molecule has 0 saturated carbocycles. The van der Waals surface area contributed by atoms with E-state index in [-0.39, 0.29) is 12.1 Å². The average Bonchev–Trinajstić information content (AvgIpc) is 2.61.